The average Bonchev–Trinajstić information content (AvgIpc) is 2.89. The zero-order chi connectivity index (χ0) is 23.8. The molecule has 1 amide bonds. The standard InChI is InChI=1S/C31H31NO2/c1-24(27-14-8-4-9-15-27)22-32(2)31(33)20-26-18-29(28-16-10-5-11-17-28)21-30(19-26)34-23-25-12-6-3-7-13-25/h3-19,21,24H,20,22-23H2,1-2H3/t24-/m1/s1. The number of likely N-dealkylation sites (N-methyl/N-ethyl adjacent to an activating group) is 1. The van der Waals surface area contributed by atoms with E-state index in [4.69, 9.17) is 4.74 Å². The SMILES string of the molecule is C[C@H](CN(C)C(=O)Cc1cc(OCc2ccccc2)cc(-c2ccccc2)c1)c1ccccc1. The first-order valence-corrected chi connectivity index (χ1v) is 11.7. The lowest BCUT2D eigenvalue weighted by molar-refractivity contribution is -0.129. The number of carbonyl (C=O) groups excluding carboxylic acids is 1. The van der Waals surface area contributed by atoms with E-state index in [9.17, 15) is 4.79 Å². The molecular formula is C31H31NO2. The van der Waals surface area contributed by atoms with Crippen molar-refractivity contribution in [2.75, 3.05) is 13.6 Å². The van der Waals surface area contributed by atoms with Crippen LogP contribution in [0.5, 0.6) is 5.75 Å². The Morgan fingerprint density at radius 3 is 2.06 bits per heavy atom. The molecule has 0 aliphatic carbocycles. The molecule has 3 heteroatoms. The van der Waals surface area contributed by atoms with Gasteiger partial charge < -0.3 is 9.64 Å². The van der Waals surface area contributed by atoms with Crippen LogP contribution in [0.2, 0.25) is 0 Å². The summed E-state index contributed by atoms with van der Waals surface area (Å²) in [6, 6.07) is 36.8. The van der Waals surface area contributed by atoms with E-state index in [0.717, 1.165) is 28.0 Å². The van der Waals surface area contributed by atoms with Crippen molar-refractivity contribution in [3.05, 3.63) is 126 Å². The number of nitrogens with zero attached hydrogens (tertiary/aromatic N) is 1. The van der Waals surface area contributed by atoms with Gasteiger partial charge in [-0.05, 0) is 45.9 Å². The van der Waals surface area contributed by atoms with Crippen molar-refractivity contribution in [1.82, 2.24) is 4.90 Å². The molecule has 0 aromatic heterocycles. The summed E-state index contributed by atoms with van der Waals surface area (Å²) in [5.74, 6) is 1.14. The van der Waals surface area contributed by atoms with Crippen LogP contribution in [0.15, 0.2) is 109 Å². The van der Waals surface area contributed by atoms with Crippen molar-refractivity contribution in [1.29, 1.82) is 0 Å². The normalized spacial score (nSPS) is 11.6. The van der Waals surface area contributed by atoms with Crippen LogP contribution < -0.4 is 4.74 Å². The minimum atomic E-state index is 0.0991. The first-order chi connectivity index (χ1) is 16.6. The van der Waals surface area contributed by atoms with Crippen molar-refractivity contribution < 1.29 is 9.53 Å². The molecule has 4 aromatic rings. The Morgan fingerprint density at radius 2 is 1.38 bits per heavy atom. The summed E-state index contributed by atoms with van der Waals surface area (Å²) >= 11 is 0. The van der Waals surface area contributed by atoms with Crippen LogP contribution in [-0.2, 0) is 17.8 Å². The molecule has 0 radical (unpaired) electrons. The Bertz CT molecular complexity index is 1190. The average molecular weight is 450 g/mol. The molecular weight excluding hydrogens is 418 g/mol. The lowest BCUT2D eigenvalue weighted by Gasteiger charge is -2.22. The highest BCUT2D eigenvalue weighted by molar-refractivity contribution is 5.79. The van der Waals surface area contributed by atoms with Crippen LogP contribution in [-0.4, -0.2) is 24.4 Å². The molecule has 0 spiro atoms. The van der Waals surface area contributed by atoms with Crippen molar-refractivity contribution in [2.24, 2.45) is 0 Å². The highest BCUT2D eigenvalue weighted by Crippen LogP contribution is 2.27. The summed E-state index contributed by atoms with van der Waals surface area (Å²) in [6.07, 6.45) is 0.334. The van der Waals surface area contributed by atoms with E-state index >= 15 is 0 Å². The predicted octanol–water partition coefficient (Wildman–Crippen LogP) is 6.74. The third-order valence-corrected chi connectivity index (χ3v) is 6.02. The third kappa shape index (κ3) is 6.35. The molecule has 0 unspecified atom stereocenters. The van der Waals surface area contributed by atoms with Gasteiger partial charge in [-0.2, -0.15) is 0 Å². The van der Waals surface area contributed by atoms with Gasteiger partial charge in [0.2, 0.25) is 5.91 Å². The second-order valence-electron chi connectivity index (χ2n) is 8.77. The summed E-state index contributed by atoms with van der Waals surface area (Å²) in [6.45, 7) is 3.32. The van der Waals surface area contributed by atoms with Gasteiger partial charge >= 0.3 is 0 Å². The Balaban J connectivity index is 1.50. The number of hydrogen-bond donors (Lipinski definition) is 0. The second kappa shape index (κ2) is 11.3. The van der Waals surface area contributed by atoms with Gasteiger partial charge in [0.05, 0.1) is 6.42 Å². The molecule has 0 bridgehead atoms. The summed E-state index contributed by atoms with van der Waals surface area (Å²) in [5, 5.41) is 0. The maximum Gasteiger partial charge on any atom is 0.226 e. The molecule has 34 heavy (non-hydrogen) atoms. The van der Waals surface area contributed by atoms with E-state index in [0.29, 0.717) is 19.6 Å². The topological polar surface area (TPSA) is 29.5 Å². The quantitative estimate of drug-likeness (QED) is 0.283. The van der Waals surface area contributed by atoms with E-state index in [2.05, 4.69) is 37.3 Å². The number of benzene rings is 4. The number of carbonyl (C=O) groups is 1. The molecule has 0 fully saturated rings. The highest BCUT2D eigenvalue weighted by Gasteiger charge is 2.15. The lowest BCUT2D eigenvalue weighted by atomic mass is 9.99. The lowest BCUT2D eigenvalue weighted by Crippen LogP contribution is -2.31. The largest absolute Gasteiger partial charge is 0.489 e. The third-order valence-electron chi connectivity index (χ3n) is 6.02. The fraction of sp³-hybridized carbons (Fsp3) is 0.194. The Morgan fingerprint density at radius 1 is 0.765 bits per heavy atom. The highest BCUT2D eigenvalue weighted by atomic mass is 16.5. The molecule has 0 aliphatic rings. The maximum atomic E-state index is 13.1. The number of hydrogen-bond acceptors (Lipinski definition) is 2. The molecule has 1 atom stereocenters. The van der Waals surface area contributed by atoms with Gasteiger partial charge in [-0.3, -0.25) is 4.79 Å². The number of ether oxygens (including phenoxy) is 1. The summed E-state index contributed by atoms with van der Waals surface area (Å²) < 4.78 is 6.13. The van der Waals surface area contributed by atoms with Gasteiger partial charge in [-0.25, -0.2) is 0 Å². The monoisotopic (exact) mass is 449 g/mol. The zero-order valence-corrected chi connectivity index (χ0v) is 19.9. The van der Waals surface area contributed by atoms with Crippen molar-refractivity contribution in [3.63, 3.8) is 0 Å². The first kappa shape index (κ1) is 23.3. The fourth-order valence-electron chi connectivity index (χ4n) is 4.09. The van der Waals surface area contributed by atoms with Crippen LogP contribution in [0, 0.1) is 0 Å². The van der Waals surface area contributed by atoms with Crippen molar-refractivity contribution in [3.8, 4) is 16.9 Å². The van der Waals surface area contributed by atoms with Gasteiger partial charge in [-0.15, -0.1) is 0 Å². The fourth-order valence-corrected chi connectivity index (χ4v) is 4.09. The van der Waals surface area contributed by atoms with Gasteiger partial charge in [-0.1, -0.05) is 104 Å². The molecule has 4 aromatic carbocycles. The van der Waals surface area contributed by atoms with Gasteiger partial charge in [0.1, 0.15) is 12.4 Å². The van der Waals surface area contributed by atoms with E-state index in [1.165, 1.54) is 5.56 Å². The second-order valence-corrected chi connectivity index (χ2v) is 8.77. The Kier molecular flexibility index (Phi) is 7.77. The van der Waals surface area contributed by atoms with Gasteiger partial charge in [0, 0.05) is 13.6 Å². The molecule has 0 saturated carbocycles. The Hall–Kier alpha value is -3.85. The Labute approximate surface area is 202 Å². The minimum Gasteiger partial charge on any atom is -0.489 e. The summed E-state index contributed by atoms with van der Waals surface area (Å²) in [5.41, 5.74) is 5.46. The van der Waals surface area contributed by atoms with Crippen molar-refractivity contribution in [2.45, 2.75) is 25.9 Å². The van der Waals surface area contributed by atoms with Crippen LogP contribution in [0.3, 0.4) is 0 Å². The summed E-state index contributed by atoms with van der Waals surface area (Å²) in [4.78, 5) is 14.9. The smallest absolute Gasteiger partial charge is 0.226 e. The molecule has 4 rings (SSSR count). The maximum absolute atomic E-state index is 13.1. The van der Waals surface area contributed by atoms with Crippen LogP contribution in [0.1, 0.15) is 29.5 Å². The molecule has 0 N–H and O–H groups in total. The number of amides is 1. The molecule has 0 aliphatic heterocycles. The van der Waals surface area contributed by atoms with Crippen LogP contribution >= 0.6 is 0 Å². The minimum absolute atomic E-state index is 0.0991. The summed E-state index contributed by atoms with van der Waals surface area (Å²) in [7, 11) is 1.88. The van der Waals surface area contributed by atoms with E-state index in [1.54, 1.807) is 0 Å². The zero-order valence-electron chi connectivity index (χ0n) is 19.9. The van der Waals surface area contributed by atoms with Crippen LogP contribution in [0.25, 0.3) is 11.1 Å². The molecule has 172 valence electrons. The van der Waals surface area contributed by atoms with E-state index in [1.807, 2.05) is 90.8 Å². The molecule has 0 heterocycles. The number of rotatable bonds is 9. The van der Waals surface area contributed by atoms with Gasteiger partial charge in [0.15, 0.2) is 0 Å². The van der Waals surface area contributed by atoms with Crippen LogP contribution in [0.4, 0.5) is 0 Å². The van der Waals surface area contributed by atoms with Gasteiger partial charge in [0.25, 0.3) is 0 Å². The van der Waals surface area contributed by atoms with E-state index < -0.39 is 0 Å². The first-order valence-electron chi connectivity index (χ1n) is 11.7. The van der Waals surface area contributed by atoms with E-state index in [-0.39, 0.29) is 11.8 Å². The molecule has 0 saturated heterocycles. The molecule has 3 nitrogen and oxygen atoms in total. The predicted molar refractivity (Wildman–Crippen MR) is 139 cm³/mol. The van der Waals surface area contributed by atoms with Crippen molar-refractivity contribution >= 4 is 5.91 Å².